The van der Waals surface area contributed by atoms with Crippen molar-refractivity contribution in [2.75, 3.05) is 0 Å². The number of alkyl carbamates (subject to hydrolysis) is 1. The Bertz CT molecular complexity index is 873. The van der Waals surface area contributed by atoms with E-state index in [9.17, 15) is 9.59 Å². The van der Waals surface area contributed by atoms with Crippen LogP contribution < -0.4 is 5.32 Å². The van der Waals surface area contributed by atoms with Crippen molar-refractivity contribution in [2.45, 2.75) is 51.4 Å². The average molecular weight is 394 g/mol. The standard InChI is InChI=1S/C23H26N2O4/c1-23(2,3)28-22(27)24-19(14-16-10-6-4-7-11-16)21(26)20-15-18(25-29-20)17-12-8-5-9-13-17/h4-13,19-20H,14-15H2,1-3H3,(H,24,27). The molecule has 1 heterocycles. The Labute approximate surface area is 170 Å². The van der Waals surface area contributed by atoms with E-state index < -0.39 is 23.8 Å². The number of carbonyl (C=O) groups is 2. The van der Waals surface area contributed by atoms with Gasteiger partial charge in [0.2, 0.25) is 0 Å². The highest BCUT2D eigenvalue weighted by Crippen LogP contribution is 2.20. The molecule has 152 valence electrons. The van der Waals surface area contributed by atoms with Crippen molar-refractivity contribution in [1.29, 1.82) is 0 Å². The summed E-state index contributed by atoms with van der Waals surface area (Å²) in [4.78, 5) is 30.9. The first-order chi connectivity index (χ1) is 13.8. The van der Waals surface area contributed by atoms with E-state index >= 15 is 0 Å². The molecule has 0 saturated heterocycles. The average Bonchev–Trinajstić information content (AvgIpc) is 3.17. The Morgan fingerprint density at radius 2 is 1.72 bits per heavy atom. The zero-order chi connectivity index (χ0) is 20.9. The van der Waals surface area contributed by atoms with E-state index in [0.717, 1.165) is 16.8 Å². The number of rotatable bonds is 6. The van der Waals surface area contributed by atoms with Crippen LogP contribution in [0.4, 0.5) is 4.79 Å². The number of hydrogen-bond donors (Lipinski definition) is 1. The van der Waals surface area contributed by atoms with E-state index in [-0.39, 0.29) is 5.78 Å². The fourth-order valence-corrected chi connectivity index (χ4v) is 3.08. The highest BCUT2D eigenvalue weighted by molar-refractivity contribution is 6.05. The third-order valence-corrected chi connectivity index (χ3v) is 4.41. The summed E-state index contributed by atoms with van der Waals surface area (Å²) < 4.78 is 5.34. The van der Waals surface area contributed by atoms with Gasteiger partial charge in [-0.15, -0.1) is 0 Å². The zero-order valence-electron chi connectivity index (χ0n) is 16.9. The van der Waals surface area contributed by atoms with Crippen molar-refractivity contribution >= 4 is 17.6 Å². The van der Waals surface area contributed by atoms with Crippen LogP contribution in [-0.2, 0) is 20.8 Å². The van der Waals surface area contributed by atoms with Gasteiger partial charge in [-0.05, 0) is 31.9 Å². The summed E-state index contributed by atoms with van der Waals surface area (Å²) in [6.45, 7) is 5.34. The molecule has 0 bridgehead atoms. The third-order valence-electron chi connectivity index (χ3n) is 4.41. The molecule has 2 atom stereocenters. The molecule has 2 aromatic rings. The van der Waals surface area contributed by atoms with Gasteiger partial charge in [-0.3, -0.25) is 4.79 Å². The van der Waals surface area contributed by atoms with E-state index in [0.29, 0.717) is 12.8 Å². The van der Waals surface area contributed by atoms with Crippen LogP contribution in [0.2, 0.25) is 0 Å². The van der Waals surface area contributed by atoms with E-state index in [1.165, 1.54) is 0 Å². The largest absolute Gasteiger partial charge is 0.444 e. The van der Waals surface area contributed by atoms with Crippen LogP contribution >= 0.6 is 0 Å². The van der Waals surface area contributed by atoms with E-state index in [1.807, 2.05) is 60.7 Å². The minimum atomic E-state index is -0.775. The van der Waals surface area contributed by atoms with Gasteiger partial charge in [0, 0.05) is 12.8 Å². The minimum absolute atomic E-state index is 0.227. The molecular weight excluding hydrogens is 368 g/mol. The monoisotopic (exact) mass is 394 g/mol. The van der Waals surface area contributed by atoms with Crippen LogP contribution in [0.1, 0.15) is 38.3 Å². The highest BCUT2D eigenvalue weighted by Gasteiger charge is 2.35. The summed E-state index contributed by atoms with van der Waals surface area (Å²) in [6.07, 6.45) is -0.660. The van der Waals surface area contributed by atoms with Gasteiger partial charge in [0.25, 0.3) is 0 Å². The van der Waals surface area contributed by atoms with Crippen LogP contribution in [0.15, 0.2) is 65.8 Å². The molecule has 1 N–H and O–H groups in total. The number of ketones is 1. The predicted molar refractivity (Wildman–Crippen MR) is 111 cm³/mol. The lowest BCUT2D eigenvalue weighted by Crippen LogP contribution is -2.48. The third kappa shape index (κ3) is 5.91. The minimum Gasteiger partial charge on any atom is -0.444 e. The first-order valence-corrected chi connectivity index (χ1v) is 9.67. The fourth-order valence-electron chi connectivity index (χ4n) is 3.08. The van der Waals surface area contributed by atoms with Gasteiger partial charge >= 0.3 is 6.09 Å². The molecule has 0 aromatic heterocycles. The SMILES string of the molecule is CC(C)(C)OC(=O)NC(Cc1ccccc1)C(=O)C1CC(c2ccccc2)=NO1. The van der Waals surface area contributed by atoms with Crippen LogP contribution in [0.25, 0.3) is 0 Å². The summed E-state index contributed by atoms with van der Waals surface area (Å²) in [7, 11) is 0. The number of nitrogens with zero attached hydrogens (tertiary/aromatic N) is 1. The molecular formula is C23H26N2O4. The van der Waals surface area contributed by atoms with E-state index in [2.05, 4.69) is 10.5 Å². The molecule has 2 aromatic carbocycles. The summed E-state index contributed by atoms with van der Waals surface area (Å²) in [5.41, 5.74) is 1.92. The maximum absolute atomic E-state index is 13.2. The number of amides is 1. The number of Topliss-reactive ketones (excluding diaryl/α,β-unsaturated/α-hetero) is 1. The normalized spacial score (nSPS) is 17.1. The molecule has 1 aliphatic rings. The topological polar surface area (TPSA) is 77.0 Å². The van der Waals surface area contributed by atoms with Crippen LogP contribution in [0.5, 0.6) is 0 Å². The Morgan fingerprint density at radius 1 is 1.10 bits per heavy atom. The summed E-state index contributed by atoms with van der Waals surface area (Å²) in [5, 5.41) is 6.80. The quantitative estimate of drug-likeness (QED) is 0.806. The van der Waals surface area contributed by atoms with Gasteiger partial charge in [0.1, 0.15) is 5.60 Å². The molecule has 6 heteroatoms. The summed E-state index contributed by atoms with van der Waals surface area (Å²) in [5.74, 6) is -0.227. The summed E-state index contributed by atoms with van der Waals surface area (Å²) in [6, 6.07) is 18.3. The van der Waals surface area contributed by atoms with Crippen LogP contribution in [0.3, 0.4) is 0 Å². The lowest BCUT2D eigenvalue weighted by molar-refractivity contribution is -0.131. The molecule has 0 aliphatic carbocycles. The Balaban J connectivity index is 1.71. The van der Waals surface area contributed by atoms with Crippen molar-refractivity contribution in [3.8, 4) is 0 Å². The maximum atomic E-state index is 13.2. The Morgan fingerprint density at radius 3 is 2.34 bits per heavy atom. The second-order valence-electron chi connectivity index (χ2n) is 7.99. The molecule has 0 saturated carbocycles. The van der Waals surface area contributed by atoms with Crippen molar-refractivity contribution in [3.63, 3.8) is 0 Å². The lowest BCUT2D eigenvalue weighted by atomic mass is 9.95. The van der Waals surface area contributed by atoms with E-state index in [1.54, 1.807) is 20.8 Å². The molecule has 2 unspecified atom stereocenters. The van der Waals surface area contributed by atoms with Gasteiger partial charge in [-0.2, -0.15) is 0 Å². The molecule has 0 radical (unpaired) electrons. The van der Waals surface area contributed by atoms with Crippen molar-refractivity contribution in [3.05, 3.63) is 71.8 Å². The van der Waals surface area contributed by atoms with Crippen molar-refractivity contribution < 1.29 is 19.2 Å². The van der Waals surface area contributed by atoms with Crippen molar-refractivity contribution in [1.82, 2.24) is 5.32 Å². The molecule has 0 spiro atoms. The van der Waals surface area contributed by atoms with Crippen LogP contribution in [0, 0.1) is 0 Å². The highest BCUT2D eigenvalue weighted by atomic mass is 16.6. The molecule has 29 heavy (non-hydrogen) atoms. The number of benzene rings is 2. The number of nitrogens with one attached hydrogen (secondary N) is 1. The molecule has 1 amide bonds. The van der Waals surface area contributed by atoms with Crippen LogP contribution in [-0.4, -0.2) is 35.3 Å². The molecule has 0 fully saturated rings. The number of oxime groups is 1. The molecule has 3 rings (SSSR count). The maximum Gasteiger partial charge on any atom is 0.408 e. The number of hydrogen-bond acceptors (Lipinski definition) is 5. The van der Waals surface area contributed by atoms with Crippen molar-refractivity contribution in [2.24, 2.45) is 5.16 Å². The number of carbonyl (C=O) groups excluding carboxylic acids is 2. The van der Waals surface area contributed by atoms with Gasteiger partial charge in [-0.25, -0.2) is 4.79 Å². The second-order valence-corrected chi connectivity index (χ2v) is 7.99. The van der Waals surface area contributed by atoms with E-state index in [4.69, 9.17) is 9.57 Å². The van der Waals surface area contributed by atoms with Gasteiger partial charge in [0.05, 0.1) is 11.8 Å². The smallest absolute Gasteiger partial charge is 0.408 e. The first-order valence-electron chi connectivity index (χ1n) is 9.67. The summed E-state index contributed by atoms with van der Waals surface area (Å²) >= 11 is 0. The molecule has 6 nitrogen and oxygen atoms in total. The van der Waals surface area contributed by atoms with Gasteiger partial charge in [-0.1, -0.05) is 65.8 Å². The molecule has 1 aliphatic heterocycles. The first kappa shape index (κ1) is 20.6. The van der Waals surface area contributed by atoms with Gasteiger partial charge in [0.15, 0.2) is 11.9 Å². The van der Waals surface area contributed by atoms with Gasteiger partial charge < -0.3 is 14.9 Å². The Hall–Kier alpha value is -3.15. The fraction of sp³-hybridized carbons (Fsp3) is 0.348. The lowest BCUT2D eigenvalue weighted by Gasteiger charge is -2.24. The second kappa shape index (κ2) is 8.90. The zero-order valence-corrected chi connectivity index (χ0v) is 16.9. The predicted octanol–water partition coefficient (Wildman–Crippen LogP) is 3.88. The number of ether oxygens (including phenoxy) is 1. The Kier molecular flexibility index (Phi) is 6.32.